The van der Waals surface area contributed by atoms with Gasteiger partial charge in [-0.05, 0) is 32.6 Å². The first kappa shape index (κ1) is 28.9. The quantitative estimate of drug-likeness (QED) is 0.165. The van der Waals surface area contributed by atoms with Crippen molar-refractivity contribution in [2.24, 2.45) is 0 Å². The fourth-order valence-corrected chi connectivity index (χ4v) is 3.39. The van der Waals surface area contributed by atoms with Gasteiger partial charge in [0.15, 0.2) is 0 Å². The van der Waals surface area contributed by atoms with E-state index in [-0.39, 0.29) is 12.7 Å². The van der Waals surface area contributed by atoms with E-state index >= 15 is 0 Å². The van der Waals surface area contributed by atoms with Crippen LogP contribution in [-0.2, 0) is 0 Å². The molecule has 2 nitrogen and oxygen atoms in total. The average molecular weight is 385 g/mol. The van der Waals surface area contributed by atoms with Crippen LogP contribution in [-0.4, -0.2) is 22.9 Å². The highest BCUT2D eigenvalue weighted by Gasteiger charge is 2.03. The molecule has 1 unspecified atom stereocenters. The molecule has 0 aromatic carbocycles. The van der Waals surface area contributed by atoms with Crippen molar-refractivity contribution in [3.05, 3.63) is 12.7 Å². The lowest BCUT2D eigenvalue weighted by Gasteiger charge is -2.10. The molecule has 27 heavy (non-hydrogen) atoms. The molecule has 164 valence electrons. The van der Waals surface area contributed by atoms with E-state index in [0.29, 0.717) is 0 Å². The summed E-state index contributed by atoms with van der Waals surface area (Å²) in [5, 5.41) is 17.6. The number of rotatable bonds is 20. The molecule has 0 amide bonds. The Morgan fingerprint density at radius 1 is 0.630 bits per heavy atom. The predicted molar refractivity (Wildman–Crippen MR) is 122 cm³/mol. The van der Waals surface area contributed by atoms with E-state index in [1.807, 2.05) is 6.08 Å². The molecule has 2 heteroatoms. The zero-order valence-corrected chi connectivity index (χ0v) is 18.9. The number of hydrogen-bond donors (Lipinski definition) is 2. The molecule has 0 saturated carbocycles. The molecule has 0 aromatic rings. The van der Waals surface area contributed by atoms with Gasteiger partial charge in [-0.25, -0.2) is 0 Å². The predicted octanol–water partition coefficient (Wildman–Crippen LogP) is 7.96. The van der Waals surface area contributed by atoms with Gasteiger partial charge >= 0.3 is 0 Å². The van der Waals surface area contributed by atoms with E-state index in [1.165, 1.54) is 103 Å². The van der Waals surface area contributed by atoms with Crippen molar-refractivity contribution in [2.75, 3.05) is 6.61 Å². The molecule has 0 spiro atoms. The van der Waals surface area contributed by atoms with E-state index in [0.717, 1.165) is 19.3 Å². The summed E-state index contributed by atoms with van der Waals surface area (Å²) in [6.45, 7) is 7.97. The first-order valence-electron chi connectivity index (χ1n) is 12.1. The van der Waals surface area contributed by atoms with Gasteiger partial charge in [0.05, 0.1) is 6.10 Å². The van der Waals surface area contributed by atoms with Gasteiger partial charge in [0.1, 0.15) is 0 Å². The minimum Gasteiger partial charge on any atom is -0.397 e. The maximum absolute atomic E-state index is 10.0. The van der Waals surface area contributed by atoms with Crippen molar-refractivity contribution < 1.29 is 10.2 Å². The summed E-state index contributed by atoms with van der Waals surface area (Å²) in [7, 11) is 0. The van der Waals surface area contributed by atoms with Crippen molar-refractivity contribution in [2.45, 2.75) is 142 Å². The number of allylic oxidation sites excluding steroid dienone is 1. The van der Waals surface area contributed by atoms with Crippen LogP contribution in [0.3, 0.4) is 0 Å². The SMILES string of the molecule is C=CCCCCCCCCC(O)CCCCCCCCCCCC.CCO. The van der Waals surface area contributed by atoms with Crippen molar-refractivity contribution in [3.63, 3.8) is 0 Å². The minimum atomic E-state index is -0.0418. The van der Waals surface area contributed by atoms with Gasteiger partial charge in [-0.2, -0.15) is 0 Å². The van der Waals surface area contributed by atoms with Gasteiger partial charge in [0, 0.05) is 6.61 Å². The Kier molecular flexibility index (Phi) is 29.8. The first-order valence-corrected chi connectivity index (χ1v) is 12.1. The van der Waals surface area contributed by atoms with Gasteiger partial charge in [-0.3, -0.25) is 0 Å². The first-order chi connectivity index (χ1) is 13.2. The molecule has 0 saturated heterocycles. The van der Waals surface area contributed by atoms with Crippen LogP contribution in [0.25, 0.3) is 0 Å². The summed E-state index contributed by atoms with van der Waals surface area (Å²) in [5.74, 6) is 0. The summed E-state index contributed by atoms with van der Waals surface area (Å²) < 4.78 is 0. The van der Waals surface area contributed by atoms with Crippen LogP contribution in [0.15, 0.2) is 12.7 Å². The largest absolute Gasteiger partial charge is 0.397 e. The fraction of sp³-hybridized carbons (Fsp3) is 0.920. The monoisotopic (exact) mass is 384 g/mol. The molecule has 0 aliphatic heterocycles. The minimum absolute atomic E-state index is 0.0418. The molecule has 0 radical (unpaired) electrons. The molecule has 0 heterocycles. The highest BCUT2D eigenvalue weighted by atomic mass is 16.3. The lowest BCUT2D eigenvalue weighted by Crippen LogP contribution is -2.05. The maximum Gasteiger partial charge on any atom is 0.0540 e. The molecule has 0 aromatic heterocycles. The van der Waals surface area contributed by atoms with Crippen LogP contribution in [0.5, 0.6) is 0 Å². The highest BCUT2D eigenvalue weighted by molar-refractivity contribution is 4.65. The molecule has 0 aliphatic carbocycles. The standard InChI is InChI=1S/C23H46O.C2H6O/c1-3-5-7-9-11-13-14-16-18-20-22-23(24)21-19-17-15-12-10-8-6-4-2;1-2-3/h4,23-24H,2-3,5-22H2,1H3;3H,2H2,1H3. The Morgan fingerprint density at radius 2 is 0.963 bits per heavy atom. The second kappa shape index (κ2) is 27.9. The van der Waals surface area contributed by atoms with E-state index in [1.54, 1.807) is 6.92 Å². The Morgan fingerprint density at radius 3 is 1.33 bits per heavy atom. The molecule has 2 N–H and O–H groups in total. The van der Waals surface area contributed by atoms with Gasteiger partial charge in [0.25, 0.3) is 0 Å². The topological polar surface area (TPSA) is 40.5 Å². The zero-order chi connectivity index (χ0) is 20.4. The Hall–Kier alpha value is -0.340. The normalized spacial score (nSPS) is 11.7. The molecule has 0 fully saturated rings. The van der Waals surface area contributed by atoms with Crippen molar-refractivity contribution in [3.8, 4) is 0 Å². The fourth-order valence-electron chi connectivity index (χ4n) is 3.39. The van der Waals surface area contributed by atoms with Crippen LogP contribution in [0.2, 0.25) is 0 Å². The van der Waals surface area contributed by atoms with E-state index in [9.17, 15) is 5.11 Å². The molecule has 0 aliphatic rings. The van der Waals surface area contributed by atoms with E-state index in [4.69, 9.17) is 5.11 Å². The summed E-state index contributed by atoms with van der Waals surface area (Å²) >= 11 is 0. The second-order valence-corrected chi connectivity index (χ2v) is 7.93. The third-order valence-electron chi connectivity index (χ3n) is 5.09. The smallest absolute Gasteiger partial charge is 0.0540 e. The summed E-state index contributed by atoms with van der Waals surface area (Å²) in [6.07, 6.45) is 26.8. The maximum atomic E-state index is 10.0. The third kappa shape index (κ3) is 30.6. The number of hydrogen-bond acceptors (Lipinski definition) is 2. The Labute approximate surface area is 171 Å². The number of unbranched alkanes of at least 4 members (excludes halogenated alkanes) is 15. The lowest BCUT2D eigenvalue weighted by molar-refractivity contribution is 0.147. The Bertz CT molecular complexity index is 253. The Balaban J connectivity index is 0. The van der Waals surface area contributed by atoms with Crippen molar-refractivity contribution >= 4 is 0 Å². The molecule has 0 rings (SSSR count). The molecular weight excluding hydrogens is 332 g/mol. The lowest BCUT2D eigenvalue weighted by atomic mass is 10.0. The van der Waals surface area contributed by atoms with Gasteiger partial charge in [-0.1, -0.05) is 109 Å². The third-order valence-corrected chi connectivity index (χ3v) is 5.09. The van der Waals surface area contributed by atoms with Gasteiger partial charge < -0.3 is 10.2 Å². The van der Waals surface area contributed by atoms with Gasteiger partial charge in [-0.15, -0.1) is 6.58 Å². The number of aliphatic hydroxyl groups is 2. The van der Waals surface area contributed by atoms with E-state index in [2.05, 4.69) is 13.5 Å². The second-order valence-electron chi connectivity index (χ2n) is 7.93. The number of aliphatic hydroxyl groups excluding tert-OH is 2. The molecule has 1 atom stereocenters. The van der Waals surface area contributed by atoms with Crippen molar-refractivity contribution in [1.29, 1.82) is 0 Å². The van der Waals surface area contributed by atoms with Crippen LogP contribution in [0, 0.1) is 0 Å². The summed E-state index contributed by atoms with van der Waals surface area (Å²) in [4.78, 5) is 0. The van der Waals surface area contributed by atoms with E-state index < -0.39 is 0 Å². The summed E-state index contributed by atoms with van der Waals surface area (Å²) in [6, 6.07) is 0. The van der Waals surface area contributed by atoms with Crippen LogP contribution < -0.4 is 0 Å². The van der Waals surface area contributed by atoms with Crippen LogP contribution in [0.4, 0.5) is 0 Å². The summed E-state index contributed by atoms with van der Waals surface area (Å²) in [5.41, 5.74) is 0. The zero-order valence-electron chi connectivity index (χ0n) is 18.9. The van der Waals surface area contributed by atoms with Crippen molar-refractivity contribution in [1.82, 2.24) is 0 Å². The average Bonchev–Trinajstić information content (AvgIpc) is 2.66. The van der Waals surface area contributed by atoms with Gasteiger partial charge in [0.2, 0.25) is 0 Å². The highest BCUT2D eigenvalue weighted by Crippen LogP contribution is 2.15. The molecular formula is C25H52O2. The van der Waals surface area contributed by atoms with Crippen LogP contribution >= 0.6 is 0 Å². The van der Waals surface area contributed by atoms with Crippen LogP contribution in [0.1, 0.15) is 136 Å². The molecule has 0 bridgehead atoms.